The fourth-order valence-corrected chi connectivity index (χ4v) is 9.65. The Hall–Kier alpha value is -5.77. The molecular formula is C69H99O10P. The van der Waals surface area contributed by atoms with Gasteiger partial charge in [-0.1, -0.05) is 239 Å². The summed E-state index contributed by atoms with van der Waals surface area (Å²) in [5.41, 5.74) is 11.2. The minimum absolute atomic E-state index is 0.123. The molecule has 0 radical (unpaired) electrons. The van der Waals surface area contributed by atoms with Crippen LogP contribution in [0, 0.1) is 0 Å². The molecule has 6 aromatic rings. The van der Waals surface area contributed by atoms with E-state index >= 15 is 0 Å². The largest absolute Gasteiger partial charge is 0.508 e. The van der Waals surface area contributed by atoms with Crippen molar-refractivity contribution >= 4 is 7.82 Å². The van der Waals surface area contributed by atoms with Crippen molar-refractivity contribution in [3.8, 4) is 34.5 Å². The van der Waals surface area contributed by atoms with Gasteiger partial charge in [0.15, 0.2) is 0 Å². The monoisotopic (exact) mass is 1120 g/mol. The third-order valence-electron chi connectivity index (χ3n) is 15.2. The van der Waals surface area contributed by atoms with E-state index in [9.17, 15) is 30.6 Å². The van der Waals surface area contributed by atoms with E-state index in [-0.39, 0.29) is 48.7 Å². The molecule has 0 fully saturated rings. The normalized spacial score (nSPS) is 13.0. The zero-order chi connectivity index (χ0) is 62.1. The van der Waals surface area contributed by atoms with Crippen LogP contribution in [0.5, 0.6) is 34.5 Å². The first-order valence-electron chi connectivity index (χ1n) is 27.6. The minimum atomic E-state index is -4.64. The van der Waals surface area contributed by atoms with Crippen molar-refractivity contribution in [2.45, 2.75) is 215 Å². The smallest absolute Gasteiger partial charge is 0.466 e. The van der Waals surface area contributed by atoms with Crippen LogP contribution in [0.1, 0.15) is 233 Å². The second-order valence-electron chi connectivity index (χ2n) is 29.3. The summed E-state index contributed by atoms with van der Waals surface area (Å²) in [4.78, 5) is 21.6. The van der Waals surface area contributed by atoms with Crippen molar-refractivity contribution in [3.63, 3.8) is 0 Å². The van der Waals surface area contributed by atoms with Crippen molar-refractivity contribution in [2.75, 3.05) is 0 Å². The predicted octanol–water partition coefficient (Wildman–Crippen LogP) is 17.1. The molecule has 0 spiro atoms. The van der Waals surface area contributed by atoms with Gasteiger partial charge in [0.2, 0.25) is 0 Å². The van der Waals surface area contributed by atoms with E-state index in [1.165, 1.54) is 0 Å². The Morgan fingerprint density at radius 2 is 0.338 bits per heavy atom. The number of phenolic OH excluding ortho intramolecular Hbond substituents is 6. The highest BCUT2D eigenvalue weighted by Crippen LogP contribution is 2.44. The van der Waals surface area contributed by atoms with E-state index in [1.807, 2.05) is 36.4 Å². The molecule has 0 heterocycles. The number of hydrogen-bond donors (Lipinski definition) is 9. The first-order valence-corrected chi connectivity index (χ1v) is 29.1. The maximum atomic E-state index is 10.3. The van der Waals surface area contributed by atoms with E-state index in [1.54, 1.807) is 36.4 Å². The standard InChI is InChI=1S/3C23H32O2.H3O4P/c3*1-21(2,3)17-13-15(9-11-19(17)24)23(7,8)16-10-12-20(25)18(14-16)22(4,5)6;1-5(2,3)4/h3*9-14,24-25H,1-8H3;(H3,1,2,3,4). The van der Waals surface area contributed by atoms with Crippen LogP contribution in [0.15, 0.2) is 109 Å². The van der Waals surface area contributed by atoms with Gasteiger partial charge >= 0.3 is 7.82 Å². The van der Waals surface area contributed by atoms with Crippen LogP contribution in [0.4, 0.5) is 0 Å². The number of benzene rings is 6. The van der Waals surface area contributed by atoms with Gasteiger partial charge in [-0.15, -0.1) is 0 Å². The Kier molecular flexibility index (Phi) is 20.5. The molecule has 0 aliphatic carbocycles. The van der Waals surface area contributed by atoms with Crippen molar-refractivity contribution in [1.82, 2.24) is 0 Å². The summed E-state index contributed by atoms with van der Waals surface area (Å²) in [5, 5.41) is 61.6. The van der Waals surface area contributed by atoms with Crippen molar-refractivity contribution in [3.05, 3.63) is 176 Å². The first-order chi connectivity index (χ1) is 35.7. The molecule has 0 bridgehead atoms. The lowest BCUT2D eigenvalue weighted by Gasteiger charge is -2.31. The quantitative estimate of drug-likeness (QED) is 0.0723. The van der Waals surface area contributed by atoms with Gasteiger partial charge in [-0.3, -0.25) is 0 Å². The fourth-order valence-electron chi connectivity index (χ4n) is 9.65. The Bertz CT molecular complexity index is 2620. The number of phosphoric acid groups is 1. The van der Waals surface area contributed by atoms with Crippen LogP contribution in [-0.2, 0) is 53.3 Å². The highest BCUT2D eigenvalue weighted by molar-refractivity contribution is 7.45. The Morgan fingerprint density at radius 1 is 0.237 bits per heavy atom. The van der Waals surface area contributed by atoms with Gasteiger partial charge in [-0.2, -0.15) is 0 Å². The zero-order valence-electron chi connectivity index (χ0n) is 52.8. The molecule has 440 valence electrons. The topological polar surface area (TPSA) is 199 Å². The number of rotatable bonds is 6. The summed E-state index contributed by atoms with van der Waals surface area (Å²) < 4.78 is 8.88. The molecule has 0 amide bonds. The van der Waals surface area contributed by atoms with Gasteiger partial charge in [0.05, 0.1) is 0 Å². The SMILES string of the molecule is CC(C)(C)c1cc(C(C)(C)c2ccc(O)c(C(C)(C)C)c2)ccc1O.CC(C)(C)c1cc(C(C)(C)c2ccc(O)c(C(C)(C)C)c2)ccc1O.CC(C)(C)c1cc(C(C)(C)c2ccc(O)c(C(C)(C)C)c2)ccc1O.O=P(O)(O)O. The van der Waals surface area contributed by atoms with Crippen LogP contribution in [0.3, 0.4) is 0 Å². The van der Waals surface area contributed by atoms with Crippen LogP contribution in [-0.4, -0.2) is 45.3 Å². The van der Waals surface area contributed by atoms with Gasteiger partial charge in [-0.25, -0.2) is 4.57 Å². The molecular weight excluding hydrogens is 1020 g/mol. The third kappa shape index (κ3) is 17.6. The van der Waals surface area contributed by atoms with Crippen LogP contribution >= 0.6 is 7.82 Å². The molecule has 0 saturated carbocycles. The lowest BCUT2D eigenvalue weighted by atomic mass is 9.73. The van der Waals surface area contributed by atoms with Crippen LogP contribution in [0.25, 0.3) is 0 Å². The molecule has 0 saturated heterocycles. The van der Waals surface area contributed by atoms with Gasteiger partial charge in [0.1, 0.15) is 34.5 Å². The molecule has 0 aromatic heterocycles. The minimum Gasteiger partial charge on any atom is -0.508 e. The van der Waals surface area contributed by atoms with E-state index in [2.05, 4.69) is 203 Å². The summed E-state index contributed by atoms with van der Waals surface area (Å²) >= 11 is 0. The average Bonchev–Trinajstić information content (AvgIpc) is 3.27. The van der Waals surface area contributed by atoms with Crippen LogP contribution < -0.4 is 0 Å². The molecule has 0 atom stereocenters. The summed E-state index contributed by atoms with van der Waals surface area (Å²) in [6.45, 7) is 51.1. The molecule has 11 heteroatoms. The van der Waals surface area contributed by atoms with E-state index in [4.69, 9.17) is 19.2 Å². The van der Waals surface area contributed by atoms with Gasteiger partial charge in [-0.05, 0) is 136 Å². The summed E-state index contributed by atoms with van der Waals surface area (Å²) in [6.07, 6.45) is 0. The Morgan fingerprint density at radius 3 is 0.425 bits per heavy atom. The highest BCUT2D eigenvalue weighted by atomic mass is 31.2. The summed E-state index contributed by atoms with van der Waals surface area (Å²) in [5.74, 6) is 2.05. The number of phenols is 6. The zero-order valence-corrected chi connectivity index (χ0v) is 53.7. The van der Waals surface area contributed by atoms with Crippen LogP contribution in [0.2, 0.25) is 0 Å². The predicted molar refractivity (Wildman–Crippen MR) is 331 cm³/mol. The van der Waals surface area contributed by atoms with Gasteiger partial charge < -0.3 is 45.3 Å². The Balaban J connectivity index is 0.000000302. The Labute approximate surface area is 480 Å². The van der Waals surface area contributed by atoms with Gasteiger partial charge in [0, 0.05) is 16.2 Å². The van der Waals surface area contributed by atoms with Crippen molar-refractivity contribution in [1.29, 1.82) is 0 Å². The second-order valence-corrected chi connectivity index (χ2v) is 30.3. The maximum Gasteiger partial charge on any atom is 0.466 e. The average molecular weight is 1120 g/mol. The molecule has 0 aliphatic heterocycles. The van der Waals surface area contributed by atoms with Gasteiger partial charge in [0.25, 0.3) is 0 Å². The molecule has 6 rings (SSSR count). The van der Waals surface area contributed by atoms with E-state index < -0.39 is 7.82 Å². The highest BCUT2D eigenvalue weighted by Gasteiger charge is 2.33. The van der Waals surface area contributed by atoms with E-state index in [0.29, 0.717) is 34.5 Å². The lowest BCUT2D eigenvalue weighted by Crippen LogP contribution is -2.22. The lowest BCUT2D eigenvalue weighted by molar-refractivity contribution is 0.275. The third-order valence-corrected chi connectivity index (χ3v) is 15.2. The molecule has 10 nitrogen and oxygen atoms in total. The second kappa shape index (κ2) is 24.0. The number of hydrogen-bond acceptors (Lipinski definition) is 7. The molecule has 0 aliphatic rings. The fraction of sp³-hybridized carbons (Fsp3) is 0.478. The first kappa shape index (κ1) is 68.5. The molecule has 9 N–H and O–H groups in total. The number of aromatic hydroxyl groups is 6. The van der Waals surface area contributed by atoms with Crippen molar-refractivity contribution in [2.24, 2.45) is 0 Å². The molecule has 80 heavy (non-hydrogen) atoms. The molecule has 6 aromatic carbocycles. The maximum absolute atomic E-state index is 10.3. The van der Waals surface area contributed by atoms with E-state index in [0.717, 1.165) is 66.8 Å². The molecule has 0 unspecified atom stereocenters. The van der Waals surface area contributed by atoms with Crippen molar-refractivity contribution < 1.29 is 49.9 Å². The summed E-state index contributed by atoms with van der Waals surface area (Å²) in [7, 11) is -4.64. The summed E-state index contributed by atoms with van der Waals surface area (Å²) in [6, 6.07) is 35.4.